The second kappa shape index (κ2) is 8.80. The largest absolute Gasteiger partial charge is 0.334 e. The van der Waals surface area contributed by atoms with Crippen LogP contribution < -0.4 is 5.32 Å². The van der Waals surface area contributed by atoms with Crippen LogP contribution in [-0.4, -0.2) is 50.6 Å². The van der Waals surface area contributed by atoms with Gasteiger partial charge in [0.1, 0.15) is 0 Å². The van der Waals surface area contributed by atoms with E-state index >= 15 is 0 Å². The molecule has 4 rings (SSSR count). The Balaban J connectivity index is 1.71. The van der Waals surface area contributed by atoms with E-state index < -0.39 is 22.0 Å². The highest BCUT2D eigenvalue weighted by Crippen LogP contribution is 2.42. The zero-order chi connectivity index (χ0) is 23.8. The van der Waals surface area contributed by atoms with Gasteiger partial charge in [0.05, 0.1) is 16.9 Å². The molecule has 2 atom stereocenters. The summed E-state index contributed by atoms with van der Waals surface area (Å²) in [6.45, 7) is 0. The summed E-state index contributed by atoms with van der Waals surface area (Å²) in [6.07, 6.45) is 0. The van der Waals surface area contributed by atoms with Gasteiger partial charge >= 0.3 is 0 Å². The molecule has 2 unspecified atom stereocenters. The van der Waals surface area contributed by atoms with Gasteiger partial charge in [-0.3, -0.25) is 9.59 Å². The van der Waals surface area contributed by atoms with Crippen molar-refractivity contribution in [2.75, 3.05) is 26.5 Å². The van der Waals surface area contributed by atoms with Crippen LogP contribution in [0.3, 0.4) is 0 Å². The molecule has 2 amide bonds. The molecule has 3 aromatic carbocycles. The minimum Gasteiger partial charge on any atom is -0.334 e. The Labute approximate surface area is 193 Å². The van der Waals surface area contributed by atoms with E-state index in [0.29, 0.717) is 16.8 Å². The molecule has 1 heterocycles. The van der Waals surface area contributed by atoms with Gasteiger partial charge in [0, 0.05) is 32.4 Å². The quantitative estimate of drug-likeness (QED) is 0.628. The minimum atomic E-state index is -3.56. The van der Waals surface area contributed by atoms with Crippen molar-refractivity contribution in [2.45, 2.75) is 16.9 Å². The van der Waals surface area contributed by atoms with Crippen molar-refractivity contribution in [1.29, 1.82) is 0 Å². The van der Waals surface area contributed by atoms with Crippen LogP contribution in [0.4, 0.5) is 5.69 Å². The first-order chi connectivity index (χ1) is 15.7. The molecule has 170 valence electrons. The van der Waals surface area contributed by atoms with E-state index in [0.717, 1.165) is 9.87 Å². The van der Waals surface area contributed by atoms with Gasteiger partial charge in [0.2, 0.25) is 15.9 Å². The van der Waals surface area contributed by atoms with E-state index in [1.54, 1.807) is 36.2 Å². The number of benzene rings is 3. The third kappa shape index (κ3) is 4.15. The molecule has 0 aliphatic carbocycles. The Morgan fingerprint density at radius 3 is 2.15 bits per heavy atom. The van der Waals surface area contributed by atoms with Crippen molar-refractivity contribution in [3.63, 3.8) is 0 Å². The van der Waals surface area contributed by atoms with Crippen molar-refractivity contribution in [3.05, 3.63) is 95.6 Å². The molecule has 0 radical (unpaired) electrons. The first-order valence-corrected chi connectivity index (χ1v) is 11.9. The third-order valence-electron chi connectivity index (χ3n) is 5.90. The number of sulfonamides is 1. The smallest absolute Gasteiger partial charge is 0.254 e. The van der Waals surface area contributed by atoms with Crippen LogP contribution in [0.1, 0.15) is 33.4 Å². The fraction of sp³-hybridized carbons (Fsp3) is 0.200. The number of carbonyl (C=O) groups excluding carboxylic acids is 2. The monoisotopic (exact) mass is 463 g/mol. The lowest BCUT2D eigenvalue weighted by atomic mass is 9.79. The molecular weight excluding hydrogens is 438 g/mol. The van der Waals surface area contributed by atoms with E-state index in [1.165, 1.54) is 26.2 Å². The van der Waals surface area contributed by atoms with Gasteiger partial charge < -0.3 is 10.2 Å². The molecule has 0 spiro atoms. The fourth-order valence-electron chi connectivity index (χ4n) is 4.16. The molecule has 33 heavy (non-hydrogen) atoms. The molecule has 7 nitrogen and oxygen atoms in total. The van der Waals surface area contributed by atoms with Crippen molar-refractivity contribution in [2.24, 2.45) is 0 Å². The number of anilines is 1. The van der Waals surface area contributed by atoms with Gasteiger partial charge in [-0.25, -0.2) is 12.7 Å². The number of amides is 2. The summed E-state index contributed by atoms with van der Waals surface area (Å²) in [4.78, 5) is 28.4. The number of nitrogens with one attached hydrogen (secondary N) is 1. The number of likely N-dealkylation sites (N-methyl/N-ethyl adjacent to an activating group) is 1. The van der Waals surface area contributed by atoms with E-state index in [1.807, 2.05) is 42.5 Å². The van der Waals surface area contributed by atoms with Crippen molar-refractivity contribution in [3.8, 4) is 0 Å². The molecule has 0 saturated heterocycles. The first kappa shape index (κ1) is 22.7. The SMILES string of the molecule is CN1C(=O)c2ccccc2C(C(=O)Nc2ccc(S(=O)(=O)N(C)C)cc2)C1c1ccccc1. The predicted octanol–water partition coefficient (Wildman–Crippen LogP) is 3.49. The molecule has 0 saturated carbocycles. The molecule has 8 heteroatoms. The molecule has 0 fully saturated rings. The lowest BCUT2D eigenvalue weighted by molar-refractivity contribution is -0.119. The zero-order valence-electron chi connectivity index (χ0n) is 18.6. The number of fused-ring (bicyclic) bond motifs is 1. The number of nitrogens with zero attached hydrogens (tertiary/aromatic N) is 2. The highest BCUT2D eigenvalue weighted by atomic mass is 32.2. The number of hydrogen-bond acceptors (Lipinski definition) is 4. The fourth-order valence-corrected chi connectivity index (χ4v) is 5.07. The number of carbonyl (C=O) groups is 2. The molecule has 0 bridgehead atoms. The predicted molar refractivity (Wildman–Crippen MR) is 126 cm³/mol. The van der Waals surface area contributed by atoms with Crippen LogP contribution in [0.2, 0.25) is 0 Å². The van der Waals surface area contributed by atoms with Crippen LogP contribution in [0, 0.1) is 0 Å². The first-order valence-electron chi connectivity index (χ1n) is 10.5. The average molecular weight is 464 g/mol. The van der Waals surface area contributed by atoms with E-state index in [9.17, 15) is 18.0 Å². The number of hydrogen-bond donors (Lipinski definition) is 1. The molecule has 1 N–H and O–H groups in total. The highest BCUT2D eigenvalue weighted by Gasteiger charge is 2.42. The topological polar surface area (TPSA) is 86.8 Å². The second-order valence-electron chi connectivity index (χ2n) is 8.14. The van der Waals surface area contributed by atoms with Crippen LogP contribution in [0.15, 0.2) is 83.8 Å². The zero-order valence-corrected chi connectivity index (χ0v) is 19.4. The Kier molecular flexibility index (Phi) is 6.05. The molecule has 3 aromatic rings. The van der Waals surface area contributed by atoms with Gasteiger partial charge in [0.15, 0.2) is 0 Å². The summed E-state index contributed by atoms with van der Waals surface area (Å²) in [5, 5.41) is 2.91. The summed E-state index contributed by atoms with van der Waals surface area (Å²) in [6, 6.07) is 22.2. The molecule has 0 aromatic heterocycles. The summed E-state index contributed by atoms with van der Waals surface area (Å²) >= 11 is 0. The Morgan fingerprint density at radius 2 is 1.52 bits per heavy atom. The molecule has 1 aliphatic rings. The van der Waals surface area contributed by atoms with E-state index in [-0.39, 0.29) is 16.7 Å². The van der Waals surface area contributed by atoms with Crippen LogP contribution >= 0.6 is 0 Å². The van der Waals surface area contributed by atoms with Gasteiger partial charge in [-0.05, 0) is 41.5 Å². The highest BCUT2D eigenvalue weighted by molar-refractivity contribution is 7.89. The maximum atomic E-state index is 13.6. The lowest BCUT2D eigenvalue weighted by Gasteiger charge is -2.39. The average Bonchev–Trinajstić information content (AvgIpc) is 2.82. The molecular formula is C25H25N3O4S. The van der Waals surface area contributed by atoms with Crippen molar-refractivity contribution < 1.29 is 18.0 Å². The summed E-state index contributed by atoms with van der Waals surface area (Å²) < 4.78 is 25.8. The van der Waals surface area contributed by atoms with Crippen molar-refractivity contribution in [1.82, 2.24) is 9.21 Å². The lowest BCUT2D eigenvalue weighted by Crippen LogP contribution is -2.44. The van der Waals surface area contributed by atoms with Gasteiger partial charge in [-0.1, -0.05) is 48.5 Å². The van der Waals surface area contributed by atoms with Crippen LogP contribution in [0.25, 0.3) is 0 Å². The van der Waals surface area contributed by atoms with Gasteiger partial charge in [0.25, 0.3) is 5.91 Å². The van der Waals surface area contributed by atoms with Crippen LogP contribution in [0.5, 0.6) is 0 Å². The summed E-state index contributed by atoms with van der Waals surface area (Å²) in [5.74, 6) is -1.06. The van der Waals surface area contributed by atoms with Gasteiger partial charge in [-0.15, -0.1) is 0 Å². The minimum absolute atomic E-state index is 0.137. The summed E-state index contributed by atoms with van der Waals surface area (Å²) in [7, 11) is 1.07. The normalized spacial score (nSPS) is 18.2. The Morgan fingerprint density at radius 1 is 0.909 bits per heavy atom. The molecule has 1 aliphatic heterocycles. The summed E-state index contributed by atoms with van der Waals surface area (Å²) in [5.41, 5.74) is 2.50. The van der Waals surface area contributed by atoms with Gasteiger partial charge in [-0.2, -0.15) is 0 Å². The Hall–Kier alpha value is -3.49. The Bertz CT molecular complexity index is 1290. The number of rotatable bonds is 5. The maximum absolute atomic E-state index is 13.6. The van der Waals surface area contributed by atoms with Crippen LogP contribution in [-0.2, 0) is 14.8 Å². The van der Waals surface area contributed by atoms with E-state index in [4.69, 9.17) is 0 Å². The van der Waals surface area contributed by atoms with Crippen molar-refractivity contribution >= 4 is 27.5 Å². The maximum Gasteiger partial charge on any atom is 0.254 e. The second-order valence-corrected chi connectivity index (χ2v) is 10.3. The van der Waals surface area contributed by atoms with E-state index in [2.05, 4.69) is 5.32 Å². The third-order valence-corrected chi connectivity index (χ3v) is 7.73. The standard InChI is InChI=1S/C25H25N3O4S/c1-27(2)33(31,32)19-15-13-18(14-16-19)26-24(29)22-20-11-7-8-12-21(20)25(30)28(3)23(22)17-9-5-4-6-10-17/h4-16,22-23H,1-3H3,(H,26,29).